The molecule has 0 aliphatic carbocycles. The van der Waals surface area contributed by atoms with Gasteiger partial charge in [0.2, 0.25) is 0 Å². The van der Waals surface area contributed by atoms with Gasteiger partial charge in [0.25, 0.3) is 11.8 Å². The maximum atomic E-state index is 13.4. The number of methoxy groups -OCH3 is 1. The monoisotopic (exact) mass is 448 g/mol. The summed E-state index contributed by atoms with van der Waals surface area (Å²) in [5, 5.41) is 3.64. The Bertz CT molecular complexity index is 1170. The van der Waals surface area contributed by atoms with Gasteiger partial charge in [-0.1, -0.05) is 23.7 Å². The summed E-state index contributed by atoms with van der Waals surface area (Å²) in [6.45, 7) is 2.44. The van der Waals surface area contributed by atoms with Crippen LogP contribution in [0.15, 0.2) is 78.5 Å². The van der Waals surface area contributed by atoms with Gasteiger partial charge in [-0.25, -0.2) is 4.90 Å². The molecule has 0 saturated carbocycles. The number of nitrogens with one attached hydrogen (secondary N) is 1. The van der Waals surface area contributed by atoms with Crippen molar-refractivity contribution in [2.75, 3.05) is 23.9 Å². The molecule has 0 saturated heterocycles. The van der Waals surface area contributed by atoms with Crippen LogP contribution in [-0.2, 0) is 9.59 Å². The molecule has 32 heavy (non-hydrogen) atoms. The Balaban J connectivity index is 1.76. The van der Waals surface area contributed by atoms with E-state index < -0.39 is 11.8 Å². The molecular formula is C25H21ClN2O4. The molecule has 162 valence electrons. The molecule has 1 heterocycles. The van der Waals surface area contributed by atoms with Crippen LogP contribution in [0.5, 0.6) is 11.5 Å². The van der Waals surface area contributed by atoms with Crippen molar-refractivity contribution in [1.29, 1.82) is 0 Å². The second kappa shape index (κ2) is 9.16. The summed E-state index contributed by atoms with van der Waals surface area (Å²) >= 11 is 5.98. The summed E-state index contributed by atoms with van der Waals surface area (Å²) < 4.78 is 10.7. The van der Waals surface area contributed by atoms with E-state index in [0.29, 0.717) is 40.1 Å². The van der Waals surface area contributed by atoms with E-state index >= 15 is 0 Å². The van der Waals surface area contributed by atoms with Crippen molar-refractivity contribution in [3.8, 4) is 11.5 Å². The number of nitrogens with zero attached hydrogens (tertiary/aromatic N) is 1. The second-order valence-corrected chi connectivity index (χ2v) is 7.42. The van der Waals surface area contributed by atoms with E-state index in [0.717, 1.165) is 4.90 Å². The Labute approximate surface area is 191 Å². The molecular weight excluding hydrogens is 428 g/mol. The van der Waals surface area contributed by atoms with Crippen LogP contribution in [0.2, 0.25) is 5.02 Å². The third kappa shape index (κ3) is 4.18. The van der Waals surface area contributed by atoms with E-state index in [2.05, 4.69) is 5.32 Å². The van der Waals surface area contributed by atoms with Crippen LogP contribution in [0.1, 0.15) is 12.5 Å². The van der Waals surface area contributed by atoms with Gasteiger partial charge in [-0.05, 0) is 73.2 Å². The van der Waals surface area contributed by atoms with Crippen LogP contribution in [0.3, 0.4) is 0 Å². The normalized spacial score (nSPS) is 13.5. The van der Waals surface area contributed by atoms with Crippen molar-refractivity contribution in [3.05, 3.63) is 89.1 Å². The van der Waals surface area contributed by atoms with Gasteiger partial charge in [-0.3, -0.25) is 9.59 Å². The van der Waals surface area contributed by atoms with Gasteiger partial charge < -0.3 is 14.8 Å². The van der Waals surface area contributed by atoms with Gasteiger partial charge in [-0.2, -0.15) is 0 Å². The minimum Gasteiger partial charge on any atom is -0.497 e. The molecule has 1 N–H and O–H groups in total. The molecule has 2 amide bonds. The average Bonchev–Trinajstić information content (AvgIpc) is 3.05. The Hall–Kier alpha value is -3.77. The van der Waals surface area contributed by atoms with Crippen molar-refractivity contribution >= 4 is 40.4 Å². The average molecular weight is 449 g/mol. The molecule has 0 spiro atoms. The third-order valence-corrected chi connectivity index (χ3v) is 5.23. The highest BCUT2D eigenvalue weighted by molar-refractivity contribution is 6.46. The summed E-state index contributed by atoms with van der Waals surface area (Å²) in [5.41, 5.74) is 2.19. The van der Waals surface area contributed by atoms with Crippen LogP contribution >= 0.6 is 11.6 Å². The zero-order valence-electron chi connectivity index (χ0n) is 17.6. The fourth-order valence-corrected chi connectivity index (χ4v) is 3.57. The smallest absolute Gasteiger partial charge is 0.282 e. The fraction of sp³-hybridized carbons (Fsp3) is 0.120. The quantitative estimate of drug-likeness (QED) is 0.506. The Kier molecular flexibility index (Phi) is 6.14. The standard InChI is InChI=1S/C25H21ClN2O4/c1-3-32-21-12-4-16(5-13-21)22-23(27-18-8-14-20(31-2)15-9-18)25(30)28(24(22)29)19-10-6-17(26)7-11-19/h4-15,27H,3H2,1-2H3. The number of carbonyl (C=O) groups excluding carboxylic acids is 2. The highest BCUT2D eigenvalue weighted by Gasteiger charge is 2.40. The van der Waals surface area contributed by atoms with E-state index in [1.807, 2.05) is 6.92 Å². The molecule has 0 atom stereocenters. The van der Waals surface area contributed by atoms with E-state index in [1.54, 1.807) is 79.9 Å². The highest BCUT2D eigenvalue weighted by Crippen LogP contribution is 2.35. The van der Waals surface area contributed by atoms with Crippen LogP contribution in [0.25, 0.3) is 5.57 Å². The summed E-state index contributed by atoms with van der Waals surface area (Å²) in [4.78, 5) is 28.0. The summed E-state index contributed by atoms with van der Waals surface area (Å²) in [6.07, 6.45) is 0. The van der Waals surface area contributed by atoms with Gasteiger partial charge in [-0.15, -0.1) is 0 Å². The Morgan fingerprint density at radius 2 is 1.47 bits per heavy atom. The number of hydrogen-bond donors (Lipinski definition) is 1. The number of anilines is 2. The van der Waals surface area contributed by atoms with Crippen molar-refractivity contribution in [3.63, 3.8) is 0 Å². The van der Waals surface area contributed by atoms with E-state index in [-0.39, 0.29) is 11.3 Å². The highest BCUT2D eigenvalue weighted by atomic mass is 35.5. The number of ether oxygens (including phenoxy) is 2. The molecule has 0 unspecified atom stereocenters. The molecule has 3 aromatic carbocycles. The van der Waals surface area contributed by atoms with Gasteiger partial charge in [0, 0.05) is 10.7 Å². The SMILES string of the molecule is CCOc1ccc(C2=C(Nc3ccc(OC)cc3)C(=O)N(c3ccc(Cl)cc3)C2=O)cc1. The molecule has 0 bridgehead atoms. The Morgan fingerprint density at radius 3 is 2.06 bits per heavy atom. The molecule has 3 aromatic rings. The number of amides is 2. The first-order valence-corrected chi connectivity index (χ1v) is 10.4. The summed E-state index contributed by atoms with van der Waals surface area (Å²) in [5.74, 6) is 0.509. The summed E-state index contributed by atoms with van der Waals surface area (Å²) in [6, 6.07) is 20.8. The van der Waals surface area contributed by atoms with Gasteiger partial charge >= 0.3 is 0 Å². The number of rotatable bonds is 7. The van der Waals surface area contributed by atoms with Gasteiger partial charge in [0.15, 0.2) is 0 Å². The van der Waals surface area contributed by atoms with E-state index in [9.17, 15) is 9.59 Å². The number of hydrogen-bond acceptors (Lipinski definition) is 5. The van der Waals surface area contributed by atoms with Crippen LogP contribution < -0.4 is 19.7 Å². The number of carbonyl (C=O) groups is 2. The number of benzene rings is 3. The number of imide groups is 1. The van der Waals surface area contributed by atoms with E-state index in [1.165, 1.54) is 0 Å². The zero-order valence-corrected chi connectivity index (χ0v) is 18.3. The van der Waals surface area contributed by atoms with E-state index in [4.69, 9.17) is 21.1 Å². The summed E-state index contributed by atoms with van der Waals surface area (Å²) in [7, 11) is 1.58. The lowest BCUT2D eigenvalue weighted by atomic mass is 10.0. The van der Waals surface area contributed by atoms with Crippen molar-refractivity contribution in [2.45, 2.75) is 6.92 Å². The van der Waals surface area contributed by atoms with Crippen LogP contribution in [0, 0.1) is 0 Å². The molecule has 6 nitrogen and oxygen atoms in total. The first-order valence-electron chi connectivity index (χ1n) is 10.0. The molecule has 0 fully saturated rings. The molecule has 1 aliphatic rings. The fourth-order valence-electron chi connectivity index (χ4n) is 3.44. The van der Waals surface area contributed by atoms with Crippen molar-refractivity contribution < 1.29 is 19.1 Å². The van der Waals surface area contributed by atoms with Crippen LogP contribution in [0.4, 0.5) is 11.4 Å². The minimum atomic E-state index is -0.447. The molecule has 0 aromatic heterocycles. The molecule has 0 radical (unpaired) electrons. The first kappa shape index (κ1) is 21.5. The van der Waals surface area contributed by atoms with Crippen molar-refractivity contribution in [2.24, 2.45) is 0 Å². The van der Waals surface area contributed by atoms with Gasteiger partial charge in [0.05, 0.1) is 25.0 Å². The van der Waals surface area contributed by atoms with Gasteiger partial charge in [0.1, 0.15) is 17.2 Å². The minimum absolute atomic E-state index is 0.194. The Morgan fingerprint density at radius 1 is 0.844 bits per heavy atom. The largest absolute Gasteiger partial charge is 0.497 e. The molecule has 4 rings (SSSR count). The maximum Gasteiger partial charge on any atom is 0.282 e. The van der Waals surface area contributed by atoms with Crippen molar-refractivity contribution in [1.82, 2.24) is 0 Å². The molecule has 7 heteroatoms. The number of halogens is 1. The zero-order chi connectivity index (χ0) is 22.7. The lowest BCUT2D eigenvalue weighted by Crippen LogP contribution is -2.32. The topological polar surface area (TPSA) is 67.9 Å². The predicted octanol–water partition coefficient (Wildman–Crippen LogP) is 5.14. The second-order valence-electron chi connectivity index (χ2n) is 6.98. The first-order chi connectivity index (χ1) is 15.5. The third-order valence-electron chi connectivity index (χ3n) is 4.98. The maximum absolute atomic E-state index is 13.4. The molecule has 1 aliphatic heterocycles. The lowest BCUT2D eigenvalue weighted by Gasteiger charge is -2.15. The lowest BCUT2D eigenvalue weighted by molar-refractivity contribution is -0.120. The van der Waals surface area contributed by atoms with Crippen LogP contribution in [-0.4, -0.2) is 25.5 Å². The predicted molar refractivity (Wildman–Crippen MR) is 125 cm³/mol.